The smallest absolute Gasteiger partial charge is 0.207 e. The molecule has 0 bridgehead atoms. The van der Waals surface area contributed by atoms with Crippen molar-refractivity contribution in [2.75, 3.05) is 13.1 Å². The van der Waals surface area contributed by atoms with Crippen molar-refractivity contribution in [3.63, 3.8) is 0 Å². The Hall–Kier alpha value is -0.580. The maximum absolute atomic E-state index is 12.7. The second-order valence-electron chi connectivity index (χ2n) is 5.53. The van der Waals surface area contributed by atoms with Crippen molar-refractivity contribution >= 4 is 21.6 Å². The predicted molar refractivity (Wildman–Crippen MR) is 82.5 cm³/mol. The van der Waals surface area contributed by atoms with E-state index in [9.17, 15) is 8.42 Å². The third-order valence-corrected chi connectivity index (χ3v) is 5.88. The monoisotopic (exact) mass is 315 g/mol. The highest BCUT2D eigenvalue weighted by atomic mass is 35.5. The van der Waals surface area contributed by atoms with Crippen molar-refractivity contribution in [2.24, 2.45) is 5.92 Å². The summed E-state index contributed by atoms with van der Waals surface area (Å²) in [6.07, 6.45) is 3.13. The van der Waals surface area contributed by atoms with E-state index in [1.54, 1.807) is 16.4 Å². The predicted octanol–water partition coefficient (Wildman–Crippen LogP) is 3.54. The quantitative estimate of drug-likeness (QED) is 0.722. The van der Waals surface area contributed by atoms with E-state index < -0.39 is 10.0 Å². The van der Waals surface area contributed by atoms with Gasteiger partial charge in [-0.2, -0.15) is 4.31 Å². The van der Waals surface area contributed by atoms with E-state index in [4.69, 9.17) is 11.6 Å². The van der Waals surface area contributed by atoms with Crippen molar-refractivity contribution in [3.8, 4) is 0 Å². The van der Waals surface area contributed by atoms with Crippen LogP contribution in [0.4, 0.5) is 0 Å². The minimum atomic E-state index is -3.39. The van der Waals surface area contributed by atoms with Gasteiger partial charge in [0.05, 0.1) is 4.90 Å². The zero-order valence-corrected chi connectivity index (χ0v) is 13.7. The molecule has 3 nitrogen and oxygen atoms in total. The van der Waals surface area contributed by atoms with Crippen LogP contribution < -0.4 is 0 Å². The molecule has 0 unspecified atom stereocenters. The molecule has 0 spiro atoms. The van der Waals surface area contributed by atoms with E-state index in [2.05, 4.69) is 0 Å². The molecule has 1 fully saturated rings. The van der Waals surface area contributed by atoms with E-state index in [1.165, 1.54) is 0 Å². The molecule has 0 N–H and O–H groups in total. The molecule has 1 aliphatic rings. The number of nitrogens with zero attached hydrogens (tertiary/aromatic N) is 1. The average Bonchev–Trinajstić information content (AvgIpc) is 3.22. The minimum Gasteiger partial charge on any atom is -0.207 e. The van der Waals surface area contributed by atoms with Gasteiger partial charge in [-0.15, -0.1) is 11.6 Å². The lowest BCUT2D eigenvalue weighted by atomic mass is 10.1. The standard InChI is InChI=1S/C15H22ClNO2S/c1-3-8-17(11-13-5-6-13)20(18,19)15-7-4-12(2)14(9-15)10-16/h4,7,9,13H,3,5-6,8,10-11H2,1-2H3. The number of benzene rings is 1. The summed E-state index contributed by atoms with van der Waals surface area (Å²) in [4.78, 5) is 0.368. The molecule has 1 aromatic rings. The Kier molecular flexibility index (Phi) is 5.10. The lowest BCUT2D eigenvalue weighted by Gasteiger charge is -2.22. The maximum Gasteiger partial charge on any atom is 0.243 e. The summed E-state index contributed by atoms with van der Waals surface area (Å²) >= 11 is 5.88. The number of hydrogen-bond donors (Lipinski definition) is 0. The molecule has 0 aliphatic heterocycles. The van der Waals surface area contributed by atoms with Crippen LogP contribution in [0.15, 0.2) is 23.1 Å². The van der Waals surface area contributed by atoms with Gasteiger partial charge in [0.15, 0.2) is 0 Å². The molecule has 2 rings (SSSR count). The minimum absolute atomic E-state index is 0.339. The van der Waals surface area contributed by atoms with Gasteiger partial charge in [0.2, 0.25) is 10.0 Å². The van der Waals surface area contributed by atoms with Crippen molar-refractivity contribution in [1.82, 2.24) is 4.31 Å². The van der Waals surface area contributed by atoms with Crippen LogP contribution in [0.3, 0.4) is 0 Å². The second kappa shape index (κ2) is 6.46. The number of hydrogen-bond acceptors (Lipinski definition) is 2. The second-order valence-corrected chi connectivity index (χ2v) is 7.73. The van der Waals surface area contributed by atoms with Gasteiger partial charge in [-0.05, 0) is 55.4 Å². The van der Waals surface area contributed by atoms with E-state index in [-0.39, 0.29) is 0 Å². The maximum atomic E-state index is 12.7. The average molecular weight is 316 g/mol. The normalized spacial score (nSPS) is 15.8. The Bertz CT molecular complexity index is 567. The van der Waals surface area contributed by atoms with Crippen LogP contribution in [0.5, 0.6) is 0 Å². The van der Waals surface area contributed by atoms with Gasteiger partial charge in [0.25, 0.3) is 0 Å². The molecule has 5 heteroatoms. The fraction of sp³-hybridized carbons (Fsp3) is 0.600. The van der Waals surface area contributed by atoms with Gasteiger partial charge in [0, 0.05) is 19.0 Å². The summed E-state index contributed by atoms with van der Waals surface area (Å²) in [6, 6.07) is 5.25. The van der Waals surface area contributed by atoms with E-state index in [0.29, 0.717) is 29.8 Å². The SMILES string of the molecule is CCCN(CC1CC1)S(=O)(=O)c1ccc(C)c(CCl)c1. The van der Waals surface area contributed by atoms with Crippen LogP contribution in [-0.4, -0.2) is 25.8 Å². The van der Waals surface area contributed by atoms with Crippen molar-refractivity contribution in [1.29, 1.82) is 0 Å². The molecule has 0 atom stereocenters. The van der Waals surface area contributed by atoms with E-state index in [1.807, 2.05) is 19.9 Å². The Morgan fingerprint density at radius 3 is 2.60 bits per heavy atom. The van der Waals surface area contributed by atoms with Crippen molar-refractivity contribution < 1.29 is 8.42 Å². The largest absolute Gasteiger partial charge is 0.243 e. The molecule has 0 heterocycles. The zero-order chi connectivity index (χ0) is 14.8. The lowest BCUT2D eigenvalue weighted by molar-refractivity contribution is 0.395. The first kappa shape index (κ1) is 15.8. The van der Waals surface area contributed by atoms with Crippen LogP contribution in [0, 0.1) is 12.8 Å². The van der Waals surface area contributed by atoms with E-state index >= 15 is 0 Å². The van der Waals surface area contributed by atoms with Gasteiger partial charge in [0.1, 0.15) is 0 Å². The summed E-state index contributed by atoms with van der Waals surface area (Å²) in [5.41, 5.74) is 1.92. The molecular formula is C15H22ClNO2S. The fourth-order valence-electron chi connectivity index (χ4n) is 2.25. The molecule has 20 heavy (non-hydrogen) atoms. The van der Waals surface area contributed by atoms with Crippen LogP contribution in [-0.2, 0) is 15.9 Å². The highest BCUT2D eigenvalue weighted by Gasteiger charge is 2.31. The van der Waals surface area contributed by atoms with Gasteiger partial charge in [-0.3, -0.25) is 0 Å². The highest BCUT2D eigenvalue weighted by Crippen LogP contribution is 2.32. The van der Waals surface area contributed by atoms with Gasteiger partial charge >= 0.3 is 0 Å². The van der Waals surface area contributed by atoms with Gasteiger partial charge in [-0.25, -0.2) is 8.42 Å². The van der Waals surface area contributed by atoms with E-state index in [0.717, 1.165) is 30.4 Å². The van der Waals surface area contributed by atoms with Crippen LogP contribution in [0.25, 0.3) is 0 Å². The number of sulfonamides is 1. The molecular weight excluding hydrogens is 294 g/mol. The molecule has 0 radical (unpaired) electrons. The molecule has 112 valence electrons. The first-order valence-electron chi connectivity index (χ1n) is 7.14. The highest BCUT2D eigenvalue weighted by molar-refractivity contribution is 7.89. The van der Waals surface area contributed by atoms with Crippen LogP contribution in [0.2, 0.25) is 0 Å². The summed E-state index contributed by atoms with van der Waals surface area (Å²) in [5.74, 6) is 0.889. The third-order valence-electron chi connectivity index (χ3n) is 3.73. The van der Waals surface area contributed by atoms with Gasteiger partial charge < -0.3 is 0 Å². The molecule has 0 amide bonds. The summed E-state index contributed by atoms with van der Waals surface area (Å²) in [5, 5.41) is 0. The summed E-state index contributed by atoms with van der Waals surface area (Å²) in [6.45, 7) is 5.19. The van der Waals surface area contributed by atoms with Crippen molar-refractivity contribution in [3.05, 3.63) is 29.3 Å². The Morgan fingerprint density at radius 2 is 2.05 bits per heavy atom. The van der Waals surface area contributed by atoms with Gasteiger partial charge in [-0.1, -0.05) is 13.0 Å². The number of rotatable bonds is 7. The first-order chi connectivity index (χ1) is 9.48. The van der Waals surface area contributed by atoms with Crippen LogP contribution >= 0.6 is 11.6 Å². The van der Waals surface area contributed by atoms with Crippen LogP contribution in [0.1, 0.15) is 37.3 Å². The number of halogens is 1. The Morgan fingerprint density at radius 1 is 1.35 bits per heavy atom. The zero-order valence-electron chi connectivity index (χ0n) is 12.1. The summed E-state index contributed by atoms with van der Waals surface area (Å²) < 4.78 is 27.1. The third kappa shape index (κ3) is 3.54. The Labute approximate surface area is 127 Å². The summed E-state index contributed by atoms with van der Waals surface area (Å²) in [7, 11) is -3.39. The Balaban J connectivity index is 2.30. The first-order valence-corrected chi connectivity index (χ1v) is 9.12. The molecule has 1 saturated carbocycles. The topological polar surface area (TPSA) is 37.4 Å². The number of aryl methyl sites for hydroxylation is 1. The lowest BCUT2D eigenvalue weighted by Crippen LogP contribution is -2.33. The molecule has 1 aromatic carbocycles. The number of alkyl halides is 1. The molecule has 1 aliphatic carbocycles. The molecule has 0 aromatic heterocycles. The molecule has 0 saturated heterocycles. The fourth-order valence-corrected chi connectivity index (χ4v) is 4.20. The van der Waals surface area contributed by atoms with Crippen molar-refractivity contribution in [2.45, 2.75) is 43.9 Å².